The van der Waals surface area contributed by atoms with Gasteiger partial charge in [0.15, 0.2) is 0 Å². The highest BCUT2D eigenvalue weighted by Gasteiger charge is 2.17. The second kappa shape index (κ2) is 8.65. The molecule has 24 heavy (non-hydrogen) atoms. The molecular formula is C17H22BrClN4O. The monoisotopic (exact) mass is 412 g/mol. The molecule has 7 heteroatoms. The standard InChI is InChI=1S/C17H21BrN4O.ClH/c1-12-16(17(23)20-8-6-13-5-7-19-10-13)11-21-22(12)15-4-2-3-14(18)9-15;/h2-4,9,11,13,19H,5-8,10H2,1H3,(H,20,23);1H. The Morgan fingerprint density at radius 2 is 2.33 bits per heavy atom. The average Bonchev–Trinajstić information content (AvgIpc) is 3.17. The Balaban J connectivity index is 0.00000208. The van der Waals surface area contributed by atoms with Crippen LogP contribution in [0, 0.1) is 12.8 Å². The van der Waals surface area contributed by atoms with Gasteiger partial charge >= 0.3 is 0 Å². The first-order valence-corrected chi connectivity index (χ1v) is 8.74. The summed E-state index contributed by atoms with van der Waals surface area (Å²) in [5.41, 5.74) is 2.42. The summed E-state index contributed by atoms with van der Waals surface area (Å²) in [5.74, 6) is 0.635. The fourth-order valence-electron chi connectivity index (χ4n) is 2.95. The van der Waals surface area contributed by atoms with E-state index in [0.717, 1.165) is 35.4 Å². The molecule has 5 nitrogen and oxygen atoms in total. The van der Waals surface area contributed by atoms with Crippen molar-refractivity contribution in [1.29, 1.82) is 0 Å². The topological polar surface area (TPSA) is 59.0 Å². The minimum atomic E-state index is -0.0466. The van der Waals surface area contributed by atoms with Gasteiger partial charge in [-0.1, -0.05) is 22.0 Å². The summed E-state index contributed by atoms with van der Waals surface area (Å²) in [6.07, 6.45) is 3.87. The van der Waals surface area contributed by atoms with Gasteiger partial charge in [-0.05, 0) is 57.0 Å². The Hall–Kier alpha value is -1.37. The zero-order valence-electron chi connectivity index (χ0n) is 13.6. The van der Waals surface area contributed by atoms with Crippen LogP contribution in [0.15, 0.2) is 34.9 Å². The number of nitrogens with one attached hydrogen (secondary N) is 2. The first-order chi connectivity index (χ1) is 11.1. The fourth-order valence-corrected chi connectivity index (χ4v) is 3.33. The van der Waals surface area contributed by atoms with E-state index in [1.807, 2.05) is 31.2 Å². The molecule has 0 spiro atoms. The SMILES string of the molecule is Cc1c(C(=O)NCCC2CCNC2)cnn1-c1cccc(Br)c1.Cl. The van der Waals surface area contributed by atoms with Gasteiger partial charge in [-0.15, -0.1) is 12.4 Å². The smallest absolute Gasteiger partial charge is 0.254 e. The summed E-state index contributed by atoms with van der Waals surface area (Å²) in [6, 6.07) is 7.87. The summed E-state index contributed by atoms with van der Waals surface area (Å²) in [6.45, 7) is 4.79. The Bertz CT molecular complexity index is 698. The molecule has 3 rings (SSSR count). The van der Waals surface area contributed by atoms with E-state index in [0.29, 0.717) is 18.0 Å². The van der Waals surface area contributed by atoms with Crippen molar-refractivity contribution in [2.45, 2.75) is 19.8 Å². The Labute approximate surface area is 156 Å². The molecule has 1 amide bonds. The van der Waals surface area contributed by atoms with Crippen LogP contribution in [0.5, 0.6) is 0 Å². The van der Waals surface area contributed by atoms with Gasteiger partial charge in [-0.25, -0.2) is 4.68 Å². The first kappa shape index (κ1) is 19.0. The lowest BCUT2D eigenvalue weighted by Gasteiger charge is -2.09. The first-order valence-electron chi connectivity index (χ1n) is 7.94. The highest BCUT2D eigenvalue weighted by atomic mass is 79.9. The van der Waals surface area contributed by atoms with E-state index in [9.17, 15) is 4.79 Å². The third kappa shape index (κ3) is 4.37. The molecule has 0 saturated carbocycles. The van der Waals surface area contributed by atoms with Crippen molar-refractivity contribution in [3.05, 3.63) is 46.2 Å². The second-order valence-electron chi connectivity index (χ2n) is 5.94. The van der Waals surface area contributed by atoms with Gasteiger partial charge in [-0.3, -0.25) is 4.79 Å². The van der Waals surface area contributed by atoms with Crippen molar-refractivity contribution in [2.24, 2.45) is 5.92 Å². The maximum absolute atomic E-state index is 12.4. The molecule has 1 saturated heterocycles. The van der Waals surface area contributed by atoms with E-state index in [1.54, 1.807) is 10.9 Å². The highest BCUT2D eigenvalue weighted by molar-refractivity contribution is 9.10. The van der Waals surface area contributed by atoms with Crippen molar-refractivity contribution in [1.82, 2.24) is 20.4 Å². The number of hydrogen-bond donors (Lipinski definition) is 2. The molecule has 1 atom stereocenters. The molecule has 2 heterocycles. The van der Waals surface area contributed by atoms with Crippen LogP contribution in [0.25, 0.3) is 5.69 Å². The van der Waals surface area contributed by atoms with Gasteiger partial charge in [0.25, 0.3) is 5.91 Å². The number of aromatic nitrogens is 2. The number of amides is 1. The van der Waals surface area contributed by atoms with E-state index in [2.05, 4.69) is 31.7 Å². The zero-order valence-corrected chi connectivity index (χ0v) is 16.0. The molecule has 1 fully saturated rings. The van der Waals surface area contributed by atoms with Crippen LogP contribution >= 0.6 is 28.3 Å². The summed E-state index contributed by atoms with van der Waals surface area (Å²) in [4.78, 5) is 12.4. The predicted molar refractivity (Wildman–Crippen MR) is 101 cm³/mol. The maximum Gasteiger partial charge on any atom is 0.254 e. The number of halogens is 2. The molecule has 0 bridgehead atoms. The largest absolute Gasteiger partial charge is 0.352 e. The van der Waals surface area contributed by atoms with E-state index in [-0.39, 0.29) is 18.3 Å². The molecule has 0 aliphatic carbocycles. The number of nitrogens with zero attached hydrogens (tertiary/aromatic N) is 2. The third-order valence-corrected chi connectivity index (χ3v) is 4.80. The molecule has 2 aromatic rings. The molecule has 0 radical (unpaired) electrons. The minimum absolute atomic E-state index is 0. The second-order valence-corrected chi connectivity index (χ2v) is 6.85. The normalized spacial score (nSPS) is 16.7. The van der Waals surface area contributed by atoms with Gasteiger partial charge < -0.3 is 10.6 Å². The molecule has 1 aromatic carbocycles. The summed E-state index contributed by atoms with van der Waals surface area (Å²) in [7, 11) is 0. The Kier molecular flexibility index (Phi) is 6.83. The van der Waals surface area contributed by atoms with Gasteiger partial charge in [0.2, 0.25) is 0 Å². The number of rotatable bonds is 5. The van der Waals surface area contributed by atoms with E-state index in [4.69, 9.17) is 0 Å². The molecule has 1 aliphatic rings. The predicted octanol–water partition coefficient (Wildman–Crippen LogP) is 3.09. The van der Waals surface area contributed by atoms with Crippen LogP contribution in [0.3, 0.4) is 0 Å². The van der Waals surface area contributed by atoms with Crippen LogP contribution in [0.1, 0.15) is 28.9 Å². The van der Waals surface area contributed by atoms with Gasteiger partial charge in [0.05, 0.1) is 23.1 Å². The van der Waals surface area contributed by atoms with Crippen LogP contribution in [-0.2, 0) is 0 Å². The lowest BCUT2D eigenvalue weighted by molar-refractivity contribution is 0.0951. The maximum atomic E-state index is 12.4. The Morgan fingerprint density at radius 1 is 1.50 bits per heavy atom. The van der Waals surface area contributed by atoms with Crippen molar-refractivity contribution in [3.63, 3.8) is 0 Å². The molecule has 1 unspecified atom stereocenters. The third-order valence-electron chi connectivity index (χ3n) is 4.31. The fraction of sp³-hybridized carbons (Fsp3) is 0.412. The number of carbonyl (C=O) groups excluding carboxylic acids is 1. The average molecular weight is 414 g/mol. The van der Waals surface area contributed by atoms with Gasteiger partial charge in [-0.2, -0.15) is 5.10 Å². The van der Waals surface area contributed by atoms with E-state index < -0.39 is 0 Å². The van der Waals surface area contributed by atoms with Crippen LogP contribution in [0.4, 0.5) is 0 Å². The minimum Gasteiger partial charge on any atom is -0.352 e. The van der Waals surface area contributed by atoms with Crippen LogP contribution in [-0.4, -0.2) is 35.3 Å². The van der Waals surface area contributed by atoms with Gasteiger partial charge in [0.1, 0.15) is 0 Å². The highest BCUT2D eigenvalue weighted by Crippen LogP contribution is 2.18. The van der Waals surface area contributed by atoms with Crippen LogP contribution in [0.2, 0.25) is 0 Å². The quantitative estimate of drug-likeness (QED) is 0.792. The molecular weight excluding hydrogens is 392 g/mol. The van der Waals surface area contributed by atoms with Crippen LogP contribution < -0.4 is 10.6 Å². The number of carbonyl (C=O) groups is 1. The lowest BCUT2D eigenvalue weighted by Crippen LogP contribution is -2.26. The number of hydrogen-bond acceptors (Lipinski definition) is 3. The van der Waals surface area contributed by atoms with Gasteiger partial charge in [0, 0.05) is 11.0 Å². The van der Waals surface area contributed by atoms with Crippen molar-refractivity contribution in [2.75, 3.05) is 19.6 Å². The molecule has 1 aromatic heterocycles. The van der Waals surface area contributed by atoms with Crippen molar-refractivity contribution in [3.8, 4) is 5.69 Å². The van der Waals surface area contributed by atoms with E-state index in [1.165, 1.54) is 6.42 Å². The summed E-state index contributed by atoms with van der Waals surface area (Å²) < 4.78 is 2.78. The summed E-state index contributed by atoms with van der Waals surface area (Å²) >= 11 is 3.46. The Morgan fingerprint density at radius 3 is 3.04 bits per heavy atom. The zero-order chi connectivity index (χ0) is 16.2. The van der Waals surface area contributed by atoms with Crippen molar-refractivity contribution < 1.29 is 4.79 Å². The molecule has 1 aliphatic heterocycles. The lowest BCUT2D eigenvalue weighted by atomic mass is 10.1. The van der Waals surface area contributed by atoms with E-state index >= 15 is 0 Å². The molecule has 130 valence electrons. The summed E-state index contributed by atoms with van der Waals surface area (Å²) in [5, 5.41) is 10.7. The molecule has 2 N–H and O–H groups in total. The van der Waals surface area contributed by atoms with Crippen molar-refractivity contribution >= 4 is 34.2 Å². The number of benzene rings is 1.